The summed E-state index contributed by atoms with van der Waals surface area (Å²) < 4.78 is 0. The molecule has 30 heavy (non-hydrogen) atoms. The van der Waals surface area contributed by atoms with Crippen molar-refractivity contribution >= 4 is 28.9 Å². The smallest absolute Gasteiger partial charge is 0.273 e. The van der Waals surface area contributed by atoms with Gasteiger partial charge in [0.2, 0.25) is 0 Å². The molecule has 1 aliphatic rings. The number of para-hydroxylation sites is 1. The summed E-state index contributed by atoms with van der Waals surface area (Å²) >= 11 is 6.27. The number of hydrogen-bond donors (Lipinski definition) is 1. The van der Waals surface area contributed by atoms with Crippen LogP contribution in [0.25, 0.3) is 11.1 Å². The van der Waals surface area contributed by atoms with E-state index in [9.17, 15) is 9.90 Å². The molecular weight excluding hydrogens is 394 g/mol. The molecule has 1 heterocycles. The molecule has 0 aliphatic carbocycles. The summed E-state index contributed by atoms with van der Waals surface area (Å²) in [5.41, 5.74) is 2.24. The molecule has 0 spiro atoms. The van der Waals surface area contributed by atoms with Gasteiger partial charge in [-0.2, -0.15) is 0 Å². The molecule has 5 rings (SSSR count). The molecule has 0 fully saturated rings. The molecule has 1 N–H and O–H groups in total. The minimum Gasteiger partial charge on any atom is -0.372 e. The van der Waals surface area contributed by atoms with Gasteiger partial charge in [0.25, 0.3) is 5.91 Å². The van der Waals surface area contributed by atoms with E-state index in [0.717, 1.165) is 11.1 Å². The van der Waals surface area contributed by atoms with Crippen molar-refractivity contribution < 1.29 is 9.90 Å². The predicted molar refractivity (Wildman–Crippen MR) is 120 cm³/mol. The van der Waals surface area contributed by atoms with E-state index < -0.39 is 11.5 Å². The van der Waals surface area contributed by atoms with Gasteiger partial charge < -0.3 is 5.11 Å². The van der Waals surface area contributed by atoms with Gasteiger partial charge in [0.15, 0.2) is 5.60 Å². The molecule has 0 aromatic heterocycles. The first-order chi connectivity index (χ1) is 14.6. The minimum atomic E-state index is -1.83. The summed E-state index contributed by atoms with van der Waals surface area (Å²) in [6.45, 7) is 0. The Kier molecular flexibility index (Phi) is 4.43. The summed E-state index contributed by atoms with van der Waals surface area (Å²) in [5.74, 6) is -0.422. The van der Waals surface area contributed by atoms with Gasteiger partial charge in [0.1, 0.15) is 0 Å². The van der Waals surface area contributed by atoms with Gasteiger partial charge in [0.05, 0.1) is 5.69 Å². The van der Waals surface area contributed by atoms with Crippen LogP contribution >= 0.6 is 11.6 Å². The molecule has 1 unspecified atom stereocenters. The third kappa shape index (κ3) is 2.75. The third-order valence-electron chi connectivity index (χ3n) is 5.52. The van der Waals surface area contributed by atoms with E-state index in [1.165, 1.54) is 0 Å². The number of rotatable bonds is 3. The number of hydrogen-bond acceptors (Lipinski definition) is 2. The van der Waals surface area contributed by atoms with Gasteiger partial charge in [-0.3, -0.25) is 9.69 Å². The molecule has 0 saturated carbocycles. The molecule has 1 aliphatic heterocycles. The van der Waals surface area contributed by atoms with Gasteiger partial charge in [-0.05, 0) is 35.4 Å². The first-order valence-corrected chi connectivity index (χ1v) is 10.1. The Morgan fingerprint density at radius 2 is 1.37 bits per heavy atom. The summed E-state index contributed by atoms with van der Waals surface area (Å²) in [4.78, 5) is 15.4. The zero-order chi connectivity index (χ0) is 20.7. The van der Waals surface area contributed by atoms with Crippen molar-refractivity contribution in [2.24, 2.45) is 0 Å². The Bertz CT molecular complexity index is 1240. The van der Waals surface area contributed by atoms with Crippen LogP contribution in [0.4, 0.5) is 11.4 Å². The Morgan fingerprint density at radius 3 is 2.10 bits per heavy atom. The SMILES string of the molecule is O=C1N(c2ccccc2)c2cc(Cl)ccc2C1(O)c1ccccc1-c1ccccc1. The number of anilines is 2. The monoisotopic (exact) mass is 411 g/mol. The highest BCUT2D eigenvalue weighted by Crippen LogP contribution is 2.50. The average Bonchev–Trinajstić information content (AvgIpc) is 3.02. The second-order valence-corrected chi connectivity index (χ2v) is 7.70. The van der Waals surface area contributed by atoms with Crippen molar-refractivity contribution in [2.75, 3.05) is 4.90 Å². The first-order valence-electron chi connectivity index (χ1n) is 9.67. The number of halogens is 1. The topological polar surface area (TPSA) is 40.5 Å². The normalized spacial score (nSPS) is 17.8. The van der Waals surface area contributed by atoms with Gasteiger partial charge >= 0.3 is 0 Å². The maximum atomic E-state index is 13.8. The zero-order valence-electron chi connectivity index (χ0n) is 16.0. The lowest BCUT2D eigenvalue weighted by Crippen LogP contribution is -2.39. The van der Waals surface area contributed by atoms with Crippen LogP contribution in [-0.2, 0) is 10.4 Å². The highest BCUT2D eigenvalue weighted by molar-refractivity contribution is 6.31. The predicted octanol–water partition coefficient (Wildman–Crippen LogP) is 5.92. The second kappa shape index (κ2) is 7.13. The number of fused-ring (bicyclic) bond motifs is 1. The van der Waals surface area contributed by atoms with Crippen molar-refractivity contribution in [3.05, 3.63) is 119 Å². The fraction of sp³-hybridized carbons (Fsp3) is 0.0385. The molecule has 146 valence electrons. The van der Waals surface area contributed by atoms with Gasteiger partial charge in [-0.15, -0.1) is 0 Å². The van der Waals surface area contributed by atoms with E-state index in [0.29, 0.717) is 27.5 Å². The molecule has 3 nitrogen and oxygen atoms in total. The number of carbonyl (C=O) groups is 1. The van der Waals surface area contributed by atoms with Crippen molar-refractivity contribution in [1.82, 2.24) is 0 Å². The highest BCUT2D eigenvalue weighted by Gasteiger charge is 2.52. The van der Waals surface area contributed by atoms with E-state index in [1.807, 2.05) is 84.9 Å². The Morgan fingerprint density at radius 1 is 0.733 bits per heavy atom. The quantitative estimate of drug-likeness (QED) is 0.454. The molecule has 0 radical (unpaired) electrons. The maximum absolute atomic E-state index is 13.8. The fourth-order valence-corrected chi connectivity index (χ4v) is 4.31. The summed E-state index contributed by atoms with van der Waals surface area (Å²) in [6, 6.07) is 31.7. The van der Waals surface area contributed by atoms with E-state index in [-0.39, 0.29) is 0 Å². The van der Waals surface area contributed by atoms with Crippen molar-refractivity contribution in [3.8, 4) is 11.1 Å². The Hall–Kier alpha value is -3.40. The summed E-state index contributed by atoms with van der Waals surface area (Å²) in [6.07, 6.45) is 0. The van der Waals surface area contributed by atoms with E-state index in [4.69, 9.17) is 11.6 Å². The average molecular weight is 412 g/mol. The molecule has 1 amide bonds. The Balaban J connectivity index is 1.77. The number of aliphatic hydroxyl groups is 1. The summed E-state index contributed by atoms with van der Waals surface area (Å²) in [5, 5.41) is 12.5. The van der Waals surface area contributed by atoms with E-state index in [1.54, 1.807) is 23.1 Å². The van der Waals surface area contributed by atoms with Crippen LogP contribution in [0.1, 0.15) is 11.1 Å². The number of carbonyl (C=O) groups excluding carboxylic acids is 1. The lowest BCUT2D eigenvalue weighted by molar-refractivity contribution is -0.131. The Labute approximate surface area is 179 Å². The van der Waals surface area contributed by atoms with E-state index in [2.05, 4.69) is 0 Å². The maximum Gasteiger partial charge on any atom is 0.273 e. The first kappa shape index (κ1) is 18.6. The highest BCUT2D eigenvalue weighted by atomic mass is 35.5. The van der Waals surface area contributed by atoms with Crippen LogP contribution in [0.5, 0.6) is 0 Å². The standard InChI is InChI=1S/C26H18ClNO2/c27-19-15-16-23-24(17-19)28(20-11-5-2-6-12-20)25(29)26(23,30)22-14-8-7-13-21(22)18-9-3-1-4-10-18/h1-17,30H. The van der Waals surface area contributed by atoms with Crippen LogP contribution in [0.3, 0.4) is 0 Å². The molecule has 4 aromatic carbocycles. The van der Waals surface area contributed by atoms with Crippen LogP contribution in [0, 0.1) is 0 Å². The second-order valence-electron chi connectivity index (χ2n) is 7.26. The summed E-state index contributed by atoms with van der Waals surface area (Å²) in [7, 11) is 0. The van der Waals surface area contributed by atoms with Gasteiger partial charge in [-0.25, -0.2) is 0 Å². The molecule has 0 saturated heterocycles. The largest absolute Gasteiger partial charge is 0.372 e. The molecule has 4 aromatic rings. The van der Waals surface area contributed by atoms with Gasteiger partial charge in [-0.1, -0.05) is 90.5 Å². The number of nitrogens with zero attached hydrogens (tertiary/aromatic N) is 1. The lowest BCUT2D eigenvalue weighted by Gasteiger charge is -2.26. The van der Waals surface area contributed by atoms with E-state index >= 15 is 0 Å². The van der Waals surface area contributed by atoms with Crippen molar-refractivity contribution in [2.45, 2.75) is 5.60 Å². The van der Waals surface area contributed by atoms with Crippen molar-refractivity contribution in [3.63, 3.8) is 0 Å². The molecule has 4 heteroatoms. The third-order valence-corrected chi connectivity index (χ3v) is 5.75. The molecule has 1 atom stereocenters. The molecule has 0 bridgehead atoms. The van der Waals surface area contributed by atoms with Gasteiger partial charge in [0, 0.05) is 21.8 Å². The number of amides is 1. The number of benzene rings is 4. The van der Waals surface area contributed by atoms with Crippen LogP contribution in [-0.4, -0.2) is 11.0 Å². The molecular formula is C26H18ClNO2. The van der Waals surface area contributed by atoms with Crippen molar-refractivity contribution in [1.29, 1.82) is 0 Å². The zero-order valence-corrected chi connectivity index (χ0v) is 16.8. The van der Waals surface area contributed by atoms with Crippen LogP contribution in [0.2, 0.25) is 5.02 Å². The lowest BCUT2D eigenvalue weighted by atomic mass is 9.83. The van der Waals surface area contributed by atoms with Crippen LogP contribution in [0.15, 0.2) is 103 Å². The minimum absolute atomic E-state index is 0.422. The van der Waals surface area contributed by atoms with Crippen LogP contribution < -0.4 is 4.90 Å². The fourth-order valence-electron chi connectivity index (χ4n) is 4.14.